The van der Waals surface area contributed by atoms with Crippen LogP contribution in [0, 0.1) is 0 Å². The number of rotatable bonds is 2. The fraction of sp³-hybridized carbons (Fsp3) is 0.533. The summed E-state index contributed by atoms with van der Waals surface area (Å²) in [4.78, 5) is 11.4. The lowest BCUT2D eigenvalue weighted by Crippen LogP contribution is -2.28. The van der Waals surface area contributed by atoms with Crippen molar-refractivity contribution in [2.45, 2.75) is 32.6 Å². The largest absolute Gasteiger partial charge is 0.465 e. The van der Waals surface area contributed by atoms with E-state index in [1.807, 2.05) is 26.0 Å². The van der Waals surface area contributed by atoms with E-state index in [0.717, 1.165) is 13.1 Å². The first-order chi connectivity index (χ1) is 8.81. The highest BCUT2D eigenvalue weighted by atomic mass is 16.5. The van der Waals surface area contributed by atoms with E-state index in [4.69, 9.17) is 4.74 Å². The SMILES string of the molecule is CC.COC(=O)c1cccc(C2CCCNC2)c1. The van der Waals surface area contributed by atoms with Crippen molar-refractivity contribution in [3.8, 4) is 0 Å². The van der Waals surface area contributed by atoms with E-state index in [9.17, 15) is 4.79 Å². The van der Waals surface area contributed by atoms with Crippen molar-refractivity contribution in [3.05, 3.63) is 35.4 Å². The van der Waals surface area contributed by atoms with Crippen molar-refractivity contribution in [1.82, 2.24) is 5.32 Å². The lowest BCUT2D eigenvalue weighted by Gasteiger charge is -2.23. The molecule has 0 spiro atoms. The van der Waals surface area contributed by atoms with Crippen molar-refractivity contribution in [2.75, 3.05) is 20.2 Å². The molecule has 1 unspecified atom stereocenters. The first kappa shape index (κ1) is 14.7. The second-order valence-electron chi connectivity index (χ2n) is 4.16. The molecule has 2 rings (SSSR count). The fourth-order valence-electron chi connectivity index (χ4n) is 2.17. The summed E-state index contributed by atoms with van der Waals surface area (Å²) in [7, 11) is 1.41. The van der Waals surface area contributed by atoms with Gasteiger partial charge in [-0.3, -0.25) is 0 Å². The van der Waals surface area contributed by atoms with Crippen molar-refractivity contribution in [2.24, 2.45) is 0 Å². The highest BCUT2D eigenvalue weighted by Gasteiger charge is 2.16. The van der Waals surface area contributed by atoms with Gasteiger partial charge in [-0.25, -0.2) is 4.79 Å². The third-order valence-electron chi connectivity index (χ3n) is 3.08. The van der Waals surface area contributed by atoms with Gasteiger partial charge >= 0.3 is 5.97 Å². The summed E-state index contributed by atoms with van der Waals surface area (Å²) in [6.07, 6.45) is 2.39. The van der Waals surface area contributed by atoms with Crippen molar-refractivity contribution < 1.29 is 9.53 Å². The minimum atomic E-state index is -0.259. The van der Waals surface area contributed by atoms with Crippen molar-refractivity contribution in [1.29, 1.82) is 0 Å². The smallest absolute Gasteiger partial charge is 0.337 e. The number of hydrogen-bond acceptors (Lipinski definition) is 3. The van der Waals surface area contributed by atoms with Gasteiger partial charge in [0, 0.05) is 6.54 Å². The molecule has 1 aromatic carbocycles. The summed E-state index contributed by atoms with van der Waals surface area (Å²) in [5, 5.41) is 3.38. The molecule has 1 aromatic rings. The molecule has 0 amide bonds. The molecule has 0 aromatic heterocycles. The molecule has 1 aliphatic heterocycles. The average Bonchev–Trinajstić information content (AvgIpc) is 2.49. The lowest BCUT2D eigenvalue weighted by molar-refractivity contribution is 0.0600. The maximum Gasteiger partial charge on any atom is 0.337 e. The van der Waals surface area contributed by atoms with Crippen LogP contribution in [0.15, 0.2) is 24.3 Å². The number of hydrogen-bond donors (Lipinski definition) is 1. The summed E-state index contributed by atoms with van der Waals surface area (Å²) in [6, 6.07) is 7.76. The van der Waals surface area contributed by atoms with Crippen LogP contribution in [0.4, 0.5) is 0 Å². The van der Waals surface area contributed by atoms with Gasteiger partial charge in [0.25, 0.3) is 0 Å². The van der Waals surface area contributed by atoms with Gasteiger partial charge in [0.15, 0.2) is 0 Å². The Bertz CT molecular complexity index is 371. The predicted molar refractivity (Wildman–Crippen MR) is 74.0 cm³/mol. The Morgan fingerprint density at radius 3 is 2.78 bits per heavy atom. The number of carbonyl (C=O) groups excluding carboxylic acids is 1. The highest BCUT2D eigenvalue weighted by Crippen LogP contribution is 2.23. The number of ether oxygens (including phenoxy) is 1. The molecule has 0 aliphatic carbocycles. The normalized spacial score (nSPS) is 18.5. The summed E-state index contributed by atoms with van der Waals surface area (Å²) < 4.78 is 4.72. The molecule has 3 heteroatoms. The molecule has 0 radical (unpaired) electrons. The fourth-order valence-corrected chi connectivity index (χ4v) is 2.17. The zero-order valence-corrected chi connectivity index (χ0v) is 11.5. The van der Waals surface area contributed by atoms with Gasteiger partial charge in [-0.1, -0.05) is 26.0 Å². The van der Waals surface area contributed by atoms with E-state index in [1.54, 1.807) is 6.07 Å². The molecule has 1 N–H and O–H groups in total. The Hall–Kier alpha value is -1.35. The van der Waals surface area contributed by atoms with Crippen LogP contribution in [-0.4, -0.2) is 26.2 Å². The molecule has 0 saturated carbocycles. The molecule has 1 saturated heterocycles. The zero-order chi connectivity index (χ0) is 13.4. The van der Waals surface area contributed by atoms with Gasteiger partial charge in [0.1, 0.15) is 0 Å². The standard InChI is InChI=1S/C13H17NO2.C2H6/c1-16-13(15)11-5-2-4-10(8-11)12-6-3-7-14-9-12;1-2/h2,4-5,8,12,14H,3,6-7,9H2,1H3;1-2H3. The molecule has 1 atom stereocenters. The quantitative estimate of drug-likeness (QED) is 0.819. The van der Waals surface area contributed by atoms with Crippen LogP contribution < -0.4 is 5.32 Å². The number of piperidine rings is 1. The van der Waals surface area contributed by atoms with Crippen molar-refractivity contribution in [3.63, 3.8) is 0 Å². The Labute approximate surface area is 110 Å². The van der Waals surface area contributed by atoms with Gasteiger partial charge in [-0.05, 0) is 43.0 Å². The number of esters is 1. The lowest BCUT2D eigenvalue weighted by atomic mass is 9.91. The second kappa shape index (κ2) is 7.88. The van der Waals surface area contributed by atoms with E-state index < -0.39 is 0 Å². The Morgan fingerprint density at radius 1 is 1.39 bits per heavy atom. The Kier molecular flexibility index (Phi) is 6.44. The number of nitrogens with one attached hydrogen (secondary N) is 1. The Balaban J connectivity index is 0.000000771. The van der Waals surface area contributed by atoms with Gasteiger partial charge in [0.05, 0.1) is 12.7 Å². The van der Waals surface area contributed by atoms with Crippen molar-refractivity contribution >= 4 is 5.97 Å². The third kappa shape index (κ3) is 3.84. The van der Waals surface area contributed by atoms with Crippen LogP contribution in [0.25, 0.3) is 0 Å². The first-order valence-electron chi connectivity index (χ1n) is 6.70. The van der Waals surface area contributed by atoms with Gasteiger partial charge < -0.3 is 10.1 Å². The van der Waals surface area contributed by atoms with Gasteiger partial charge in [-0.2, -0.15) is 0 Å². The molecular weight excluding hydrogens is 226 g/mol. The third-order valence-corrected chi connectivity index (χ3v) is 3.08. The summed E-state index contributed by atoms with van der Waals surface area (Å²) in [5.41, 5.74) is 1.88. The maximum atomic E-state index is 11.4. The zero-order valence-electron chi connectivity index (χ0n) is 11.5. The van der Waals surface area contributed by atoms with E-state index >= 15 is 0 Å². The predicted octanol–water partition coefficient (Wildman–Crippen LogP) is 2.97. The minimum Gasteiger partial charge on any atom is -0.465 e. The maximum absolute atomic E-state index is 11.4. The van der Waals surface area contributed by atoms with E-state index in [1.165, 1.54) is 25.5 Å². The summed E-state index contributed by atoms with van der Waals surface area (Å²) in [5.74, 6) is 0.268. The van der Waals surface area contributed by atoms with Crippen LogP contribution in [0.3, 0.4) is 0 Å². The summed E-state index contributed by atoms with van der Waals surface area (Å²) >= 11 is 0. The monoisotopic (exact) mass is 249 g/mol. The number of benzene rings is 1. The Morgan fingerprint density at radius 2 is 2.17 bits per heavy atom. The first-order valence-corrected chi connectivity index (χ1v) is 6.70. The highest BCUT2D eigenvalue weighted by molar-refractivity contribution is 5.89. The van der Waals surface area contributed by atoms with E-state index in [2.05, 4.69) is 11.4 Å². The van der Waals surface area contributed by atoms with Crippen LogP contribution in [-0.2, 0) is 4.74 Å². The topological polar surface area (TPSA) is 38.3 Å². The molecule has 1 fully saturated rings. The average molecular weight is 249 g/mol. The van der Waals surface area contributed by atoms with E-state index in [0.29, 0.717) is 11.5 Å². The molecule has 100 valence electrons. The van der Waals surface area contributed by atoms with Gasteiger partial charge in [-0.15, -0.1) is 0 Å². The second-order valence-corrected chi connectivity index (χ2v) is 4.16. The molecule has 18 heavy (non-hydrogen) atoms. The van der Waals surface area contributed by atoms with Crippen LogP contribution in [0.5, 0.6) is 0 Å². The summed E-state index contributed by atoms with van der Waals surface area (Å²) in [6.45, 7) is 6.11. The van der Waals surface area contributed by atoms with Crippen LogP contribution in [0.1, 0.15) is 48.5 Å². The molecule has 0 bridgehead atoms. The van der Waals surface area contributed by atoms with Gasteiger partial charge in [0.2, 0.25) is 0 Å². The molecule has 3 nitrogen and oxygen atoms in total. The van der Waals surface area contributed by atoms with Crippen LogP contribution in [0.2, 0.25) is 0 Å². The number of methoxy groups -OCH3 is 1. The molecular formula is C15H23NO2. The molecule has 1 aliphatic rings. The molecule has 1 heterocycles. The van der Waals surface area contributed by atoms with E-state index in [-0.39, 0.29) is 5.97 Å². The minimum absolute atomic E-state index is 0.259. The number of carbonyl (C=O) groups is 1. The van der Waals surface area contributed by atoms with Crippen LogP contribution >= 0.6 is 0 Å².